The Kier molecular flexibility index (Phi) is 5.95. The normalized spacial score (nSPS) is 22.4. The van der Waals surface area contributed by atoms with Gasteiger partial charge in [-0.15, -0.1) is 0 Å². The molecule has 0 aromatic heterocycles. The van der Waals surface area contributed by atoms with Gasteiger partial charge in [0.1, 0.15) is 5.75 Å². The van der Waals surface area contributed by atoms with Gasteiger partial charge in [0.25, 0.3) is 0 Å². The molecule has 2 atom stereocenters. The summed E-state index contributed by atoms with van der Waals surface area (Å²) in [5, 5.41) is 5.74. The van der Waals surface area contributed by atoms with Crippen LogP contribution in [0.5, 0.6) is 5.75 Å². The van der Waals surface area contributed by atoms with Crippen LogP contribution in [0.4, 0.5) is 0 Å². The van der Waals surface area contributed by atoms with Crippen molar-refractivity contribution >= 4 is 11.8 Å². The van der Waals surface area contributed by atoms with Crippen LogP contribution < -0.4 is 15.4 Å². The van der Waals surface area contributed by atoms with Gasteiger partial charge in [0.2, 0.25) is 11.8 Å². The minimum Gasteiger partial charge on any atom is -0.490 e. The van der Waals surface area contributed by atoms with E-state index in [0.717, 1.165) is 30.6 Å². The molecule has 2 aliphatic rings. The molecule has 0 heterocycles. The number of carbonyl (C=O) groups excluding carboxylic acids is 2. The molecule has 2 fully saturated rings. The molecule has 0 saturated heterocycles. The zero-order valence-corrected chi connectivity index (χ0v) is 14.9. The maximum Gasteiger partial charge on any atom is 0.223 e. The molecule has 0 aliphatic heterocycles. The van der Waals surface area contributed by atoms with Gasteiger partial charge < -0.3 is 15.4 Å². The molecule has 0 spiro atoms. The van der Waals surface area contributed by atoms with Crippen molar-refractivity contribution in [2.24, 2.45) is 11.8 Å². The van der Waals surface area contributed by atoms with Crippen molar-refractivity contribution in [1.82, 2.24) is 10.6 Å². The average molecular weight is 344 g/mol. The summed E-state index contributed by atoms with van der Waals surface area (Å²) in [6, 6.07) is 7.91. The molecule has 2 N–H and O–H groups in total. The lowest BCUT2D eigenvalue weighted by molar-refractivity contribution is -0.123. The molecule has 2 aliphatic carbocycles. The number of ether oxygens (including phenoxy) is 1. The second kappa shape index (κ2) is 8.37. The summed E-state index contributed by atoms with van der Waals surface area (Å²) in [6.45, 7) is 2.95. The van der Waals surface area contributed by atoms with Crippen LogP contribution in [0.1, 0.15) is 51.0 Å². The topological polar surface area (TPSA) is 67.4 Å². The zero-order valence-electron chi connectivity index (χ0n) is 14.9. The molecule has 136 valence electrons. The van der Waals surface area contributed by atoms with E-state index < -0.39 is 0 Å². The maximum atomic E-state index is 11.9. The summed E-state index contributed by atoms with van der Waals surface area (Å²) >= 11 is 0. The molecule has 0 unspecified atom stereocenters. The molecular weight excluding hydrogens is 316 g/mol. The van der Waals surface area contributed by atoms with Crippen LogP contribution in [-0.4, -0.2) is 24.5 Å². The number of benzene rings is 1. The van der Waals surface area contributed by atoms with E-state index in [2.05, 4.69) is 17.6 Å². The molecule has 0 bridgehead atoms. The molecule has 25 heavy (non-hydrogen) atoms. The van der Waals surface area contributed by atoms with Gasteiger partial charge in [-0.2, -0.15) is 0 Å². The molecule has 5 heteroatoms. The van der Waals surface area contributed by atoms with Crippen LogP contribution in [0.25, 0.3) is 0 Å². The smallest absolute Gasteiger partial charge is 0.223 e. The van der Waals surface area contributed by atoms with Crippen molar-refractivity contribution in [2.45, 2.75) is 58.1 Å². The lowest BCUT2D eigenvalue weighted by Crippen LogP contribution is -2.31. The highest BCUT2D eigenvalue weighted by atomic mass is 16.5. The zero-order chi connectivity index (χ0) is 17.6. The summed E-state index contributed by atoms with van der Waals surface area (Å²) in [5.74, 6) is 1.56. The first-order chi connectivity index (χ1) is 12.1. The van der Waals surface area contributed by atoms with Crippen molar-refractivity contribution in [3.63, 3.8) is 0 Å². The van der Waals surface area contributed by atoms with E-state index in [-0.39, 0.29) is 17.7 Å². The van der Waals surface area contributed by atoms with E-state index in [1.54, 1.807) is 0 Å². The fourth-order valence-corrected chi connectivity index (χ4v) is 3.33. The van der Waals surface area contributed by atoms with Crippen LogP contribution in [0.15, 0.2) is 24.3 Å². The average Bonchev–Trinajstić information content (AvgIpc) is 3.11. The standard InChI is InChI=1S/C20H28N2O3/c1-14-11-18(14)20(24)21-10-9-19(23)22-13-15-5-4-8-17(12-15)25-16-6-2-3-7-16/h4-5,8,12,14,16,18H,2-3,6-7,9-11,13H2,1H3,(H,21,24)(H,22,23)/t14-,18-/m1/s1. The van der Waals surface area contributed by atoms with Crippen LogP contribution in [0, 0.1) is 11.8 Å². The van der Waals surface area contributed by atoms with E-state index in [9.17, 15) is 9.59 Å². The van der Waals surface area contributed by atoms with Crippen molar-refractivity contribution in [2.75, 3.05) is 6.54 Å². The molecular formula is C20H28N2O3. The third kappa shape index (κ3) is 5.48. The summed E-state index contributed by atoms with van der Waals surface area (Å²) in [5.41, 5.74) is 1.03. The lowest BCUT2D eigenvalue weighted by atomic mass is 10.2. The van der Waals surface area contributed by atoms with Crippen molar-refractivity contribution in [1.29, 1.82) is 0 Å². The first-order valence-corrected chi connectivity index (χ1v) is 9.42. The van der Waals surface area contributed by atoms with E-state index >= 15 is 0 Å². The van der Waals surface area contributed by atoms with Crippen molar-refractivity contribution in [3.8, 4) is 5.75 Å². The Balaban J connectivity index is 1.35. The Hall–Kier alpha value is -2.04. The lowest BCUT2D eigenvalue weighted by Gasteiger charge is -2.14. The van der Waals surface area contributed by atoms with Gasteiger partial charge in [0.15, 0.2) is 0 Å². The fraction of sp³-hybridized carbons (Fsp3) is 0.600. The van der Waals surface area contributed by atoms with Gasteiger partial charge in [0.05, 0.1) is 6.10 Å². The molecule has 1 aromatic carbocycles. The first kappa shape index (κ1) is 17.8. The SMILES string of the molecule is C[C@@H]1C[C@H]1C(=O)NCCC(=O)NCc1cccc(OC2CCCC2)c1. The van der Waals surface area contributed by atoms with Gasteiger partial charge in [-0.1, -0.05) is 19.1 Å². The van der Waals surface area contributed by atoms with E-state index in [4.69, 9.17) is 4.74 Å². The van der Waals surface area contributed by atoms with Gasteiger partial charge >= 0.3 is 0 Å². The van der Waals surface area contributed by atoms with Crippen molar-refractivity contribution in [3.05, 3.63) is 29.8 Å². The molecule has 2 saturated carbocycles. The van der Waals surface area contributed by atoms with Crippen LogP contribution in [0.3, 0.4) is 0 Å². The van der Waals surface area contributed by atoms with Crippen LogP contribution >= 0.6 is 0 Å². The van der Waals surface area contributed by atoms with E-state index in [0.29, 0.717) is 31.5 Å². The van der Waals surface area contributed by atoms with Gasteiger partial charge in [-0.3, -0.25) is 9.59 Å². The Morgan fingerprint density at radius 3 is 2.68 bits per heavy atom. The number of amides is 2. The fourth-order valence-electron chi connectivity index (χ4n) is 3.33. The van der Waals surface area contributed by atoms with Gasteiger partial charge in [-0.05, 0) is 55.7 Å². The third-order valence-corrected chi connectivity index (χ3v) is 5.09. The summed E-state index contributed by atoms with van der Waals surface area (Å²) in [7, 11) is 0. The Morgan fingerprint density at radius 1 is 1.20 bits per heavy atom. The van der Waals surface area contributed by atoms with Gasteiger partial charge in [0, 0.05) is 25.4 Å². The highest BCUT2D eigenvalue weighted by Crippen LogP contribution is 2.37. The Bertz CT molecular complexity index is 611. The molecule has 5 nitrogen and oxygen atoms in total. The largest absolute Gasteiger partial charge is 0.490 e. The molecule has 1 aromatic rings. The predicted molar refractivity (Wildman–Crippen MR) is 96.1 cm³/mol. The van der Waals surface area contributed by atoms with E-state index in [1.807, 2.05) is 24.3 Å². The summed E-state index contributed by atoms with van der Waals surface area (Å²) in [4.78, 5) is 23.6. The molecule has 0 radical (unpaired) electrons. The number of carbonyl (C=O) groups is 2. The van der Waals surface area contributed by atoms with Crippen LogP contribution in [0.2, 0.25) is 0 Å². The Morgan fingerprint density at radius 2 is 1.96 bits per heavy atom. The predicted octanol–water partition coefficient (Wildman–Crippen LogP) is 2.79. The molecule has 3 rings (SSSR count). The summed E-state index contributed by atoms with van der Waals surface area (Å²) in [6.07, 6.45) is 6.37. The van der Waals surface area contributed by atoms with Crippen molar-refractivity contribution < 1.29 is 14.3 Å². The Labute approximate surface area is 149 Å². The highest BCUT2D eigenvalue weighted by molar-refractivity contribution is 5.82. The monoisotopic (exact) mass is 344 g/mol. The number of hydrogen-bond donors (Lipinski definition) is 2. The number of hydrogen-bond acceptors (Lipinski definition) is 3. The second-order valence-corrected chi connectivity index (χ2v) is 7.31. The van der Waals surface area contributed by atoms with E-state index in [1.165, 1.54) is 12.8 Å². The highest BCUT2D eigenvalue weighted by Gasteiger charge is 2.38. The second-order valence-electron chi connectivity index (χ2n) is 7.31. The maximum absolute atomic E-state index is 11.9. The first-order valence-electron chi connectivity index (χ1n) is 9.42. The van der Waals surface area contributed by atoms with Crippen LogP contribution in [-0.2, 0) is 16.1 Å². The number of nitrogens with one attached hydrogen (secondary N) is 2. The minimum absolute atomic E-state index is 0.0498. The molecule has 2 amide bonds. The number of rotatable bonds is 8. The third-order valence-electron chi connectivity index (χ3n) is 5.09. The quantitative estimate of drug-likeness (QED) is 0.762. The van der Waals surface area contributed by atoms with Gasteiger partial charge in [-0.25, -0.2) is 0 Å². The summed E-state index contributed by atoms with van der Waals surface area (Å²) < 4.78 is 5.99. The minimum atomic E-state index is -0.0498.